The molecule has 1 atom stereocenters. The lowest BCUT2D eigenvalue weighted by Gasteiger charge is -2.25. The Morgan fingerprint density at radius 2 is 1.94 bits per heavy atom. The molecule has 2 aromatic heterocycles. The molecule has 0 amide bonds. The lowest BCUT2D eigenvalue weighted by molar-refractivity contribution is 0.454. The molecule has 1 unspecified atom stereocenters. The predicted molar refractivity (Wildman–Crippen MR) is 114 cm³/mol. The number of nitrogens with zero attached hydrogens (tertiary/aromatic N) is 4. The molecule has 1 aliphatic carbocycles. The largest absolute Gasteiger partial charge is 0.306 e. The molecular formula is C24H23F2N5. The number of nitrogens with one attached hydrogen (secondary N) is 1. The average Bonchev–Trinajstić information content (AvgIpc) is 3.42. The van der Waals surface area contributed by atoms with Crippen molar-refractivity contribution in [1.29, 1.82) is 0 Å². The van der Waals surface area contributed by atoms with Crippen LogP contribution in [0.15, 0.2) is 61.1 Å². The fourth-order valence-electron chi connectivity index (χ4n) is 4.38. The van der Waals surface area contributed by atoms with Crippen LogP contribution in [0.2, 0.25) is 0 Å². The first-order valence-electron chi connectivity index (χ1n) is 10.4. The summed E-state index contributed by atoms with van der Waals surface area (Å²) < 4.78 is 31.0. The average molecular weight is 419 g/mol. The van der Waals surface area contributed by atoms with Crippen LogP contribution in [-0.2, 0) is 13.0 Å². The number of fused-ring (bicyclic) bond motifs is 1. The lowest BCUT2D eigenvalue weighted by Crippen LogP contribution is -2.25. The van der Waals surface area contributed by atoms with E-state index in [9.17, 15) is 8.78 Å². The summed E-state index contributed by atoms with van der Waals surface area (Å²) in [5, 5.41) is 12.5. The van der Waals surface area contributed by atoms with Gasteiger partial charge in [-0.15, -0.1) is 0 Å². The first kappa shape index (κ1) is 19.6. The van der Waals surface area contributed by atoms with E-state index in [-0.39, 0.29) is 6.04 Å². The maximum atomic E-state index is 13.7. The molecule has 0 spiro atoms. The van der Waals surface area contributed by atoms with E-state index < -0.39 is 11.6 Å². The Hall–Kier alpha value is -3.32. The number of hydrogen-bond donors (Lipinski definition) is 1. The standard InChI is InChI=1S/C24H23F2N5/c1-16-6-7-23(30-9-3-8-28-30)17(10-16)14-27-22-4-2-5-24-21(22)15-29-31(24)20-12-18(25)11-19(26)13-20/h3,6-13,15,22,27H,2,4-5,14H2,1H3. The highest BCUT2D eigenvalue weighted by atomic mass is 19.1. The van der Waals surface area contributed by atoms with E-state index in [1.165, 1.54) is 17.7 Å². The van der Waals surface area contributed by atoms with Gasteiger partial charge in [-0.25, -0.2) is 18.1 Å². The zero-order valence-electron chi connectivity index (χ0n) is 17.2. The van der Waals surface area contributed by atoms with Crippen molar-refractivity contribution in [3.63, 3.8) is 0 Å². The molecule has 0 aliphatic heterocycles. The number of benzene rings is 2. The van der Waals surface area contributed by atoms with E-state index in [1.807, 2.05) is 23.1 Å². The van der Waals surface area contributed by atoms with Gasteiger partial charge in [0.15, 0.2) is 0 Å². The maximum absolute atomic E-state index is 13.7. The van der Waals surface area contributed by atoms with Gasteiger partial charge in [-0.1, -0.05) is 17.7 Å². The van der Waals surface area contributed by atoms with Gasteiger partial charge in [0.25, 0.3) is 0 Å². The van der Waals surface area contributed by atoms with Crippen molar-refractivity contribution in [2.24, 2.45) is 0 Å². The summed E-state index contributed by atoms with van der Waals surface area (Å²) in [6.45, 7) is 2.76. The number of rotatable bonds is 5. The minimum atomic E-state index is -0.602. The Labute approximate surface area is 179 Å². The summed E-state index contributed by atoms with van der Waals surface area (Å²) in [6.07, 6.45) is 8.32. The van der Waals surface area contributed by atoms with Gasteiger partial charge in [-0.05, 0) is 56.0 Å². The second-order valence-corrected chi connectivity index (χ2v) is 7.99. The van der Waals surface area contributed by atoms with Crippen LogP contribution in [0.3, 0.4) is 0 Å². The lowest BCUT2D eigenvalue weighted by atomic mass is 9.92. The highest BCUT2D eigenvalue weighted by molar-refractivity contribution is 5.43. The van der Waals surface area contributed by atoms with Crippen molar-refractivity contribution in [3.8, 4) is 11.4 Å². The molecule has 2 aromatic carbocycles. The Morgan fingerprint density at radius 1 is 1.10 bits per heavy atom. The molecule has 1 N–H and O–H groups in total. The zero-order valence-corrected chi connectivity index (χ0v) is 17.2. The summed E-state index contributed by atoms with van der Waals surface area (Å²) in [5.41, 5.74) is 5.91. The molecule has 5 rings (SSSR count). The van der Waals surface area contributed by atoms with Crippen molar-refractivity contribution < 1.29 is 8.78 Å². The molecule has 4 aromatic rings. The van der Waals surface area contributed by atoms with E-state index in [0.29, 0.717) is 12.2 Å². The number of aromatic nitrogens is 4. The Kier molecular flexibility index (Phi) is 5.11. The van der Waals surface area contributed by atoms with Crippen LogP contribution < -0.4 is 5.32 Å². The summed E-state index contributed by atoms with van der Waals surface area (Å²) in [5.74, 6) is -1.20. The zero-order chi connectivity index (χ0) is 21.4. The molecule has 0 radical (unpaired) electrons. The minimum absolute atomic E-state index is 0.127. The summed E-state index contributed by atoms with van der Waals surface area (Å²) >= 11 is 0. The van der Waals surface area contributed by atoms with Gasteiger partial charge >= 0.3 is 0 Å². The monoisotopic (exact) mass is 419 g/mol. The van der Waals surface area contributed by atoms with Gasteiger partial charge in [-0.3, -0.25) is 0 Å². The topological polar surface area (TPSA) is 47.7 Å². The minimum Gasteiger partial charge on any atom is -0.306 e. The van der Waals surface area contributed by atoms with Crippen LogP contribution >= 0.6 is 0 Å². The number of aryl methyl sites for hydroxylation is 1. The van der Waals surface area contributed by atoms with E-state index in [4.69, 9.17) is 0 Å². The van der Waals surface area contributed by atoms with Gasteiger partial charge in [0.2, 0.25) is 0 Å². The van der Waals surface area contributed by atoms with Crippen molar-refractivity contribution >= 4 is 0 Å². The van der Waals surface area contributed by atoms with Crippen molar-refractivity contribution in [1.82, 2.24) is 24.9 Å². The van der Waals surface area contributed by atoms with Crippen LogP contribution in [-0.4, -0.2) is 19.6 Å². The van der Waals surface area contributed by atoms with Crippen LogP contribution in [0.25, 0.3) is 11.4 Å². The van der Waals surface area contributed by atoms with Crippen molar-refractivity contribution in [3.05, 3.63) is 95.1 Å². The third-order valence-electron chi connectivity index (χ3n) is 5.80. The first-order valence-corrected chi connectivity index (χ1v) is 10.4. The highest BCUT2D eigenvalue weighted by Gasteiger charge is 2.25. The Morgan fingerprint density at radius 3 is 2.71 bits per heavy atom. The SMILES string of the molecule is Cc1ccc(-n2cccn2)c(CNC2CCCc3c2cnn3-c2cc(F)cc(F)c2)c1. The van der Waals surface area contributed by atoms with E-state index in [1.54, 1.807) is 10.9 Å². The first-order chi connectivity index (χ1) is 15.1. The Balaban J connectivity index is 1.41. The smallest absolute Gasteiger partial charge is 0.128 e. The van der Waals surface area contributed by atoms with E-state index >= 15 is 0 Å². The number of hydrogen-bond acceptors (Lipinski definition) is 3. The van der Waals surface area contributed by atoms with Crippen molar-refractivity contribution in [2.45, 2.75) is 38.8 Å². The molecule has 31 heavy (non-hydrogen) atoms. The molecule has 0 fully saturated rings. The second-order valence-electron chi connectivity index (χ2n) is 7.99. The quantitative estimate of drug-likeness (QED) is 0.505. The van der Waals surface area contributed by atoms with Gasteiger partial charge < -0.3 is 5.32 Å². The van der Waals surface area contributed by atoms with Crippen LogP contribution in [0.4, 0.5) is 8.78 Å². The van der Waals surface area contributed by atoms with Crippen LogP contribution in [0.5, 0.6) is 0 Å². The molecule has 0 saturated heterocycles. The fraction of sp³-hybridized carbons (Fsp3) is 0.250. The fourth-order valence-corrected chi connectivity index (χ4v) is 4.38. The Bertz CT molecular complexity index is 1190. The molecule has 0 bridgehead atoms. The molecular weight excluding hydrogens is 396 g/mol. The summed E-state index contributed by atoms with van der Waals surface area (Å²) in [4.78, 5) is 0. The van der Waals surface area contributed by atoms with Gasteiger partial charge in [0.05, 0.1) is 17.6 Å². The van der Waals surface area contributed by atoms with Crippen molar-refractivity contribution in [2.75, 3.05) is 0 Å². The van der Waals surface area contributed by atoms with Crippen LogP contribution in [0, 0.1) is 18.6 Å². The molecule has 1 aliphatic rings. The van der Waals surface area contributed by atoms with Crippen LogP contribution in [0.1, 0.15) is 41.3 Å². The summed E-state index contributed by atoms with van der Waals surface area (Å²) in [7, 11) is 0. The molecule has 2 heterocycles. The van der Waals surface area contributed by atoms with Gasteiger partial charge in [-0.2, -0.15) is 10.2 Å². The highest BCUT2D eigenvalue weighted by Crippen LogP contribution is 2.32. The number of halogens is 2. The molecule has 7 heteroatoms. The third-order valence-corrected chi connectivity index (χ3v) is 5.80. The van der Waals surface area contributed by atoms with Gasteiger partial charge in [0.1, 0.15) is 11.6 Å². The third kappa shape index (κ3) is 3.88. The normalized spacial score (nSPS) is 15.8. The van der Waals surface area contributed by atoms with Gasteiger partial charge in [0, 0.05) is 42.3 Å². The molecule has 5 nitrogen and oxygen atoms in total. The van der Waals surface area contributed by atoms with E-state index in [0.717, 1.165) is 47.8 Å². The van der Waals surface area contributed by atoms with E-state index in [2.05, 4.69) is 40.6 Å². The molecule has 0 saturated carbocycles. The predicted octanol–water partition coefficient (Wildman–Crippen LogP) is 4.81. The second kappa shape index (κ2) is 8.07. The maximum Gasteiger partial charge on any atom is 0.128 e. The summed E-state index contributed by atoms with van der Waals surface area (Å²) in [6, 6.07) is 11.9. The molecule has 158 valence electrons.